The molecule has 0 bridgehead atoms. The van der Waals surface area contributed by atoms with Gasteiger partial charge in [0.2, 0.25) is 0 Å². The summed E-state index contributed by atoms with van der Waals surface area (Å²) in [5.41, 5.74) is 1.41. The summed E-state index contributed by atoms with van der Waals surface area (Å²) < 4.78 is 5.14. The standard InChI is InChI=1S/C22H17NO2/c1-25-17-12-10-15(11-13-17)22(24)23-21-14-16-6-2-3-7-18(16)19-8-4-5-9-20(19)21/h2-14H,1H3,(H,23,24). The smallest absolute Gasteiger partial charge is 0.255 e. The summed E-state index contributed by atoms with van der Waals surface area (Å²) in [5.74, 6) is 0.593. The largest absolute Gasteiger partial charge is 0.497 e. The number of anilines is 1. The number of hydrogen-bond acceptors (Lipinski definition) is 2. The highest BCUT2D eigenvalue weighted by Crippen LogP contribution is 2.32. The van der Waals surface area contributed by atoms with E-state index in [1.54, 1.807) is 31.4 Å². The molecule has 3 heteroatoms. The van der Waals surface area contributed by atoms with Crippen molar-refractivity contribution in [1.82, 2.24) is 0 Å². The van der Waals surface area contributed by atoms with Gasteiger partial charge >= 0.3 is 0 Å². The maximum atomic E-state index is 12.6. The number of nitrogens with one attached hydrogen (secondary N) is 1. The molecule has 0 heterocycles. The van der Waals surface area contributed by atoms with E-state index in [2.05, 4.69) is 23.5 Å². The first-order valence-corrected chi connectivity index (χ1v) is 8.12. The zero-order valence-electron chi connectivity index (χ0n) is 13.8. The van der Waals surface area contributed by atoms with Gasteiger partial charge in [0, 0.05) is 16.6 Å². The Labute approximate surface area is 145 Å². The molecule has 0 aliphatic carbocycles. The number of rotatable bonds is 3. The zero-order valence-corrected chi connectivity index (χ0v) is 13.8. The van der Waals surface area contributed by atoms with Crippen LogP contribution in [0.1, 0.15) is 10.4 Å². The van der Waals surface area contributed by atoms with Gasteiger partial charge < -0.3 is 10.1 Å². The minimum absolute atomic E-state index is 0.136. The summed E-state index contributed by atoms with van der Waals surface area (Å²) in [4.78, 5) is 12.6. The third-order valence-electron chi connectivity index (χ3n) is 4.37. The predicted molar refractivity (Wildman–Crippen MR) is 102 cm³/mol. The van der Waals surface area contributed by atoms with E-state index >= 15 is 0 Å². The van der Waals surface area contributed by atoms with Crippen LogP contribution in [0.15, 0.2) is 78.9 Å². The lowest BCUT2D eigenvalue weighted by molar-refractivity contribution is 0.102. The van der Waals surface area contributed by atoms with Crippen LogP contribution < -0.4 is 10.1 Å². The molecule has 0 spiro atoms. The van der Waals surface area contributed by atoms with E-state index < -0.39 is 0 Å². The number of carbonyl (C=O) groups is 1. The third kappa shape index (κ3) is 2.81. The minimum atomic E-state index is -0.136. The number of methoxy groups -OCH3 is 1. The van der Waals surface area contributed by atoms with Gasteiger partial charge in [0.05, 0.1) is 7.11 Å². The molecule has 122 valence electrons. The van der Waals surface area contributed by atoms with Crippen LogP contribution in [0, 0.1) is 0 Å². The number of amides is 1. The molecule has 0 atom stereocenters. The van der Waals surface area contributed by atoms with Gasteiger partial charge in [-0.25, -0.2) is 0 Å². The van der Waals surface area contributed by atoms with Crippen LogP contribution in [0.25, 0.3) is 21.5 Å². The summed E-state index contributed by atoms with van der Waals surface area (Å²) in [6, 6.07) is 25.4. The molecule has 4 aromatic carbocycles. The van der Waals surface area contributed by atoms with Crippen molar-refractivity contribution < 1.29 is 9.53 Å². The Morgan fingerprint density at radius 3 is 2.16 bits per heavy atom. The molecule has 0 radical (unpaired) electrons. The van der Waals surface area contributed by atoms with Crippen LogP contribution in [0.5, 0.6) is 5.75 Å². The van der Waals surface area contributed by atoms with E-state index in [4.69, 9.17) is 4.74 Å². The second-order valence-corrected chi connectivity index (χ2v) is 5.87. The first-order chi connectivity index (χ1) is 12.3. The summed E-state index contributed by atoms with van der Waals surface area (Å²) in [5, 5.41) is 7.50. The van der Waals surface area contributed by atoms with Gasteiger partial charge in [0.1, 0.15) is 5.75 Å². The Morgan fingerprint density at radius 2 is 1.44 bits per heavy atom. The van der Waals surface area contributed by atoms with E-state index in [0.29, 0.717) is 5.56 Å². The summed E-state index contributed by atoms with van der Waals surface area (Å²) in [6.45, 7) is 0. The third-order valence-corrected chi connectivity index (χ3v) is 4.37. The average molecular weight is 327 g/mol. The van der Waals surface area contributed by atoms with E-state index in [1.807, 2.05) is 36.4 Å². The van der Waals surface area contributed by atoms with Crippen LogP contribution in [0.4, 0.5) is 5.69 Å². The van der Waals surface area contributed by atoms with Crippen molar-refractivity contribution in [1.29, 1.82) is 0 Å². The Hall–Kier alpha value is -3.33. The van der Waals surface area contributed by atoms with Gasteiger partial charge in [-0.2, -0.15) is 0 Å². The molecular weight excluding hydrogens is 310 g/mol. The van der Waals surface area contributed by atoms with Crippen molar-refractivity contribution in [2.75, 3.05) is 12.4 Å². The van der Waals surface area contributed by atoms with Crippen molar-refractivity contribution in [2.24, 2.45) is 0 Å². The van der Waals surface area contributed by atoms with Crippen molar-refractivity contribution in [2.45, 2.75) is 0 Å². The van der Waals surface area contributed by atoms with Gasteiger partial charge in [-0.1, -0.05) is 48.5 Å². The SMILES string of the molecule is COc1ccc(C(=O)Nc2cc3ccccc3c3ccccc23)cc1. The van der Waals surface area contributed by atoms with Crippen LogP contribution in [0.3, 0.4) is 0 Å². The highest BCUT2D eigenvalue weighted by Gasteiger charge is 2.11. The monoisotopic (exact) mass is 327 g/mol. The topological polar surface area (TPSA) is 38.3 Å². The lowest BCUT2D eigenvalue weighted by Crippen LogP contribution is -2.12. The van der Waals surface area contributed by atoms with Crippen molar-refractivity contribution in [3.63, 3.8) is 0 Å². The number of carbonyl (C=O) groups excluding carboxylic acids is 1. The quantitative estimate of drug-likeness (QED) is 0.522. The number of benzene rings is 4. The summed E-state index contributed by atoms with van der Waals surface area (Å²) in [7, 11) is 1.61. The second-order valence-electron chi connectivity index (χ2n) is 5.87. The Kier molecular flexibility index (Phi) is 3.82. The van der Waals surface area contributed by atoms with Crippen molar-refractivity contribution >= 4 is 33.1 Å². The van der Waals surface area contributed by atoms with E-state index in [9.17, 15) is 4.79 Å². The van der Waals surface area contributed by atoms with E-state index in [1.165, 1.54) is 5.39 Å². The van der Waals surface area contributed by atoms with Gasteiger partial charge in [-0.3, -0.25) is 4.79 Å². The lowest BCUT2D eigenvalue weighted by Gasteiger charge is -2.12. The Morgan fingerprint density at radius 1 is 0.800 bits per heavy atom. The molecule has 4 aromatic rings. The molecule has 0 aliphatic heterocycles. The molecule has 4 rings (SSSR count). The maximum absolute atomic E-state index is 12.6. The molecule has 0 aliphatic rings. The highest BCUT2D eigenvalue weighted by atomic mass is 16.5. The second kappa shape index (κ2) is 6.29. The fourth-order valence-electron chi connectivity index (χ4n) is 3.09. The molecule has 1 amide bonds. The van der Waals surface area contributed by atoms with Gasteiger partial charge in [-0.15, -0.1) is 0 Å². The van der Waals surface area contributed by atoms with Crippen LogP contribution in [0.2, 0.25) is 0 Å². The van der Waals surface area contributed by atoms with Crippen LogP contribution >= 0.6 is 0 Å². The normalized spacial score (nSPS) is 10.8. The number of ether oxygens (including phenoxy) is 1. The summed E-state index contributed by atoms with van der Waals surface area (Å²) in [6.07, 6.45) is 0. The predicted octanol–water partition coefficient (Wildman–Crippen LogP) is 5.25. The van der Waals surface area contributed by atoms with Gasteiger partial charge in [-0.05, 0) is 46.5 Å². The van der Waals surface area contributed by atoms with Crippen molar-refractivity contribution in [3.8, 4) is 5.75 Å². The fraction of sp³-hybridized carbons (Fsp3) is 0.0455. The van der Waals surface area contributed by atoms with Crippen LogP contribution in [-0.4, -0.2) is 13.0 Å². The molecule has 0 saturated heterocycles. The molecular formula is C22H17NO2. The number of fused-ring (bicyclic) bond motifs is 3. The molecule has 25 heavy (non-hydrogen) atoms. The minimum Gasteiger partial charge on any atom is -0.497 e. The average Bonchev–Trinajstić information content (AvgIpc) is 2.68. The van der Waals surface area contributed by atoms with Gasteiger partial charge in [0.25, 0.3) is 5.91 Å². The fourth-order valence-corrected chi connectivity index (χ4v) is 3.09. The lowest BCUT2D eigenvalue weighted by atomic mass is 10.00. The molecule has 0 unspecified atom stereocenters. The Balaban J connectivity index is 1.78. The molecule has 0 saturated carbocycles. The van der Waals surface area contributed by atoms with E-state index in [-0.39, 0.29) is 5.91 Å². The molecule has 3 nitrogen and oxygen atoms in total. The molecule has 0 aromatic heterocycles. The maximum Gasteiger partial charge on any atom is 0.255 e. The molecule has 1 N–H and O–H groups in total. The first-order valence-electron chi connectivity index (χ1n) is 8.12. The van der Waals surface area contributed by atoms with Crippen molar-refractivity contribution in [3.05, 3.63) is 84.4 Å². The molecule has 0 fully saturated rings. The van der Waals surface area contributed by atoms with Crippen LogP contribution in [-0.2, 0) is 0 Å². The Bertz CT molecular complexity index is 1070. The number of hydrogen-bond donors (Lipinski definition) is 1. The highest BCUT2D eigenvalue weighted by molar-refractivity contribution is 6.17. The first kappa shape index (κ1) is 15.2. The zero-order chi connectivity index (χ0) is 17.2. The summed E-state index contributed by atoms with van der Waals surface area (Å²) >= 11 is 0. The van der Waals surface area contributed by atoms with Gasteiger partial charge in [0.15, 0.2) is 0 Å². The van der Waals surface area contributed by atoms with E-state index in [0.717, 1.165) is 27.6 Å².